The minimum absolute atomic E-state index is 0.0493. The third-order valence-corrected chi connectivity index (χ3v) is 3.89. The van der Waals surface area contributed by atoms with Gasteiger partial charge in [-0.1, -0.05) is 0 Å². The van der Waals surface area contributed by atoms with Gasteiger partial charge < -0.3 is 24.8 Å². The number of carboxylic acid groups (broad SMARTS) is 1. The van der Waals surface area contributed by atoms with Gasteiger partial charge in [-0.25, -0.2) is 4.79 Å². The highest BCUT2D eigenvalue weighted by Gasteiger charge is 2.31. The van der Waals surface area contributed by atoms with Crippen LogP contribution >= 0.6 is 0 Å². The van der Waals surface area contributed by atoms with Crippen LogP contribution in [0, 0.1) is 0 Å². The normalized spacial score (nSPS) is 30.2. The van der Waals surface area contributed by atoms with Gasteiger partial charge in [-0.3, -0.25) is 4.79 Å². The van der Waals surface area contributed by atoms with Crippen molar-refractivity contribution in [1.82, 2.24) is 10.2 Å². The molecule has 1 aliphatic heterocycles. The lowest BCUT2D eigenvalue weighted by Crippen LogP contribution is -2.53. The lowest BCUT2D eigenvalue weighted by atomic mass is 10.2. The molecule has 114 valence electrons. The molecule has 0 aromatic carbocycles. The van der Waals surface area contributed by atoms with Crippen LogP contribution in [0.5, 0.6) is 0 Å². The van der Waals surface area contributed by atoms with Crippen molar-refractivity contribution in [2.24, 2.45) is 0 Å². The average molecular weight is 286 g/mol. The van der Waals surface area contributed by atoms with Gasteiger partial charge in [-0.2, -0.15) is 0 Å². The van der Waals surface area contributed by atoms with E-state index in [0.29, 0.717) is 19.7 Å². The monoisotopic (exact) mass is 286 g/mol. The smallest absolute Gasteiger partial charge is 0.317 e. The van der Waals surface area contributed by atoms with Crippen LogP contribution < -0.4 is 5.32 Å². The molecular formula is C13H22N2O5. The number of methoxy groups -OCH3 is 1. The third kappa shape index (κ3) is 3.83. The second-order valence-corrected chi connectivity index (χ2v) is 5.30. The number of ether oxygens (including phenoxy) is 2. The van der Waals surface area contributed by atoms with Gasteiger partial charge in [0.05, 0.1) is 31.3 Å². The SMILES string of the molecule is COC1CCCC1NC(=O)N1CCOC(CC(=O)O)C1. The molecule has 2 aliphatic rings. The first-order valence-corrected chi connectivity index (χ1v) is 7.01. The van der Waals surface area contributed by atoms with Crippen molar-refractivity contribution in [2.75, 3.05) is 26.8 Å². The summed E-state index contributed by atoms with van der Waals surface area (Å²) >= 11 is 0. The van der Waals surface area contributed by atoms with Crippen molar-refractivity contribution in [3.63, 3.8) is 0 Å². The molecule has 7 heteroatoms. The summed E-state index contributed by atoms with van der Waals surface area (Å²) in [5, 5.41) is 11.8. The van der Waals surface area contributed by atoms with Crippen molar-refractivity contribution in [3.8, 4) is 0 Å². The fourth-order valence-corrected chi connectivity index (χ4v) is 2.85. The predicted octanol–water partition coefficient (Wildman–Crippen LogP) is 0.439. The van der Waals surface area contributed by atoms with E-state index >= 15 is 0 Å². The molecule has 1 saturated carbocycles. The molecule has 1 heterocycles. The standard InChI is InChI=1S/C13H22N2O5/c1-19-11-4-2-3-10(11)14-13(18)15-5-6-20-9(8-15)7-12(16)17/h9-11H,2-8H2,1H3,(H,14,18)(H,16,17). The molecule has 0 aromatic rings. The van der Waals surface area contributed by atoms with Crippen LogP contribution in [0.15, 0.2) is 0 Å². The highest BCUT2D eigenvalue weighted by molar-refractivity contribution is 5.75. The summed E-state index contributed by atoms with van der Waals surface area (Å²) in [6.07, 6.45) is 2.52. The van der Waals surface area contributed by atoms with Gasteiger partial charge >= 0.3 is 12.0 Å². The lowest BCUT2D eigenvalue weighted by Gasteiger charge is -2.33. The Labute approximate surface area is 118 Å². The molecule has 2 rings (SSSR count). The average Bonchev–Trinajstić information content (AvgIpc) is 2.85. The van der Waals surface area contributed by atoms with E-state index in [0.717, 1.165) is 19.3 Å². The Kier molecular flexibility index (Phi) is 5.19. The molecule has 1 aliphatic carbocycles. The maximum Gasteiger partial charge on any atom is 0.317 e. The van der Waals surface area contributed by atoms with E-state index in [1.807, 2.05) is 0 Å². The predicted molar refractivity (Wildman–Crippen MR) is 70.5 cm³/mol. The second kappa shape index (κ2) is 6.90. The summed E-state index contributed by atoms with van der Waals surface area (Å²) in [4.78, 5) is 24.5. The van der Waals surface area contributed by atoms with Crippen LogP contribution in [-0.2, 0) is 14.3 Å². The van der Waals surface area contributed by atoms with Crippen LogP contribution in [0.2, 0.25) is 0 Å². The number of hydrogen-bond donors (Lipinski definition) is 2. The summed E-state index contributed by atoms with van der Waals surface area (Å²) in [5.41, 5.74) is 0. The molecule has 0 aromatic heterocycles. The molecule has 2 N–H and O–H groups in total. The van der Waals surface area contributed by atoms with E-state index in [9.17, 15) is 9.59 Å². The Bertz CT molecular complexity index is 363. The molecule has 0 radical (unpaired) electrons. The number of amides is 2. The Morgan fingerprint density at radius 3 is 2.95 bits per heavy atom. The van der Waals surface area contributed by atoms with Crippen molar-refractivity contribution in [1.29, 1.82) is 0 Å². The molecule has 2 fully saturated rings. The number of urea groups is 1. The number of carbonyl (C=O) groups excluding carboxylic acids is 1. The molecule has 20 heavy (non-hydrogen) atoms. The first kappa shape index (κ1) is 15.1. The van der Waals surface area contributed by atoms with E-state index in [1.165, 1.54) is 0 Å². The zero-order chi connectivity index (χ0) is 14.5. The number of hydrogen-bond acceptors (Lipinski definition) is 4. The molecule has 1 saturated heterocycles. The summed E-state index contributed by atoms with van der Waals surface area (Å²) < 4.78 is 10.7. The maximum atomic E-state index is 12.2. The van der Waals surface area contributed by atoms with Gasteiger partial charge in [-0.05, 0) is 19.3 Å². The molecule has 3 unspecified atom stereocenters. The van der Waals surface area contributed by atoms with Gasteiger partial charge in [0, 0.05) is 20.2 Å². The highest BCUT2D eigenvalue weighted by Crippen LogP contribution is 2.22. The second-order valence-electron chi connectivity index (χ2n) is 5.30. The van der Waals surface area contributed by atoms with Crippen molar-refractivity contribution in [3.05, 3.63) is 0 Å². The lowest BCUT2D eigenvalue weighted by molar-refractivity contribution is -0.141. The van der Waals surface area contributed by atoms with E-state index in [-0.39, 0.29) is 24.6 Å². The van der Waals surface area contributed by atoms with E-state index in [4.69, 9.17) is 14.6 Å². The highest BCUT2D eigenvalue weighted by atomic mass is 16.5. The number of morpholine rings is 1. The summed E-state index contributed by atoms with van der Waals surface area (Å²) in [6, 6.07) is -0.106. The molecule has 3 atom stereocenters. The van der Waals surface area contributed by atoms with Gasteiger partial charge in [0.2, 0.25) is 0 Å². The van der Waals surface area contributed by atoms with Gasteiger partial charge in [0.1, 0.15) is 0 Å². The fraction of sp³-hybridized carbons (Fsp3) is 0.846. The number of carbonyl (C=O) groups is 2. The Morgan fingerprint density at radius 1 is 1.45 bits per heavy atom. The van der Waals surface area contributed by atoms with E-state index < -0.39 is 12.1 Å². The van der Waals surface area contributed by atoms with E-state index in [2.05, 4.69) is 5.32 Å². The largest absolute Gasteiger partial charge is 0.481 e. The van der Waals surface area contributed by atoms with Gasteiger partial charge in [0.15, 0.2) is 0 Å². The van der Waals surface area contributed by atoms with Crippen LogP contribution in [0.25, 0.3) is 0 Å². The number of aliphatic carboxylic acids is 1. The van der Waals surface area contributed by atoms with Crippen LogP contribution in [0.3, 0.4) is 0 Å². The van der Waals surface area contributed by atoms with E-state index in [1.54, 1.807) is 12.0 Å². The maximum absolute atomic E-state index is 12.2. The van der Waals surface area contributed by atoms with Gasteiger partial charge in [0.25, 0.3) is 0 Å². The first-order valence-electron chi connectivity index (χ1n) is 7.01. The number of carboxylic acids is 1. The van der Waals surface area contributed by atoms with Crippen molar-refractivity contribution >= 4 is 12.0 Å². The Morgan fingerprint density at radius 2 is 2.25 bits per heavy atom. The molecular weight excluding hydrogens is 264 g/mol. The van der Waals surface area contributed by atoms with Crippen LogP contribution in [-0.4, -0.2) is 67.1 Å². The zero-order valence-corrected chi connectivity index (χ0v) is 11.7. The van der Waals surface area contributed by atoms with Crippen molar-refractivity contribution in [2.45, 2.75) is 43.9 Å². The Hall–Kier alpha value is -1.34. The fourth-order valence-electron chi connectivity index (χ4n) is 2.85. The number of nitrogens with zero attached hydrogens (tertiary/aromatic N) is 1. The molecule has 2 amide bonds. The third-order valence-electron chi connectivity index (χ3n) is 3.89. The molecule has 7 nitrogen and oxygen atoms in total. The quantitative estimate of drug-likeness (QED) is 0.783. The number of nitrogens with one attached hydrogen (secondary N) is 1. The first-order chi connectivity index (χ1) is 9.60. The Balaban J connectivity index is 1.84. The topological polar surface area (TPSA) is 88.1 Å². The van der Waals surface area contributed by atoms with Crippen molar-refractivity contribution < 1.29 is 24.2 Å². The van der Waals surface area contributed by atoms with Crippen LogP contribution in [0.1, 0.15) is 25.7 Å². The molecule has 0 bridgehead atoms. The molecule has 0 spiro atoms. The van der Waals surface area contributed by atoms with Crippen LogP contribution in [0.4, 0.5) is 4.79 Å². The minimum atomic E-state index is -0.910. The van der Waals surface area contributed by atoms with Gasteiger partial charge in [-0.15, -0.1) is 0 Å². The summed E-state index contributed by atoms with van der Waals surface area (Å²) in [5.74, 6) is -0.910. The summed E-state index contributed by atoms with van der Waals surface area (Å²) in [6.45, 7) is 1.19. The summed E-state index contributed by atoms with van der Waals surface area (Å²) in [7, 11) is 1.66. The minimum Gasteiger partial charge on any atom is -0.481 e. The number of rotatable bonds is 4. The zero-order valence-electron chi connectivity index (χ0n) is 11.7.